The van der Waals surface area contributed by atoms with E-state index in [0.717, 1.165) is 41.6 Å². The van der Waals surface area contributed by atoms with Crippen molar-refractivity contribution in [1.29, 1.82) is 0 Å². The minimum absolute atomic E-state index is 0.300. The zero-order valence-electron chi connectivity index (χ0n) is 13.7. The summed E-state index contributed by atoms with van der Waals surface area (Å²) in [5.74, 6) is 1.61. The average molecular weight is 340 g/mol. The van der Waals surface area contributed by atoms with Gasteiger partial charge in [-0.05, 0) is 61.3 Å². The van der Waals surface area contributed by atoms with Gasteiger partial charge in [-0.25, -0.2) is 0 Å². The number of nitrogens with one attached hydrogen (secondary N) is 1. The van der Waals surface area contributed by atoms with Crippen LogP contribution in [0.1, 0.15) is 23.1 Å². The Morgan fingerprint density at radius 3 is 2.96 bits per heavy atom. The molecule has 1 N–H and O–H groups in total. The highest BCUT2D eigenvalue weighted by molar-refractivity contribution is 7.80. The Kier molecular flexibility index (Phi) is 4.02. The van der Waals surface area contributed by atoms with Crippen LogP contribution in [0.25, 0.3) is 0 Å². The van der Waals surface area contributed by atoms with E-state index in [2.05, 4.69) is 35.3 Å². The summed E-state index contributed by atoms with van der Waals surface area (Å²) in [7, 11) is 0. The fourth-order valence-electron chi connectivity index (χ4n) is 3.26. The van der Waals surface area contributed by atoms with Crippen molar-refractivity contribution in [3.05, 3.63) is 53.1 Å². The number of hydrogen-bond donors (Lipinski definition) is 1. The van der Waals surface area contributed by atoms with Crippen LogP contribution in [0.4, 0.5) is 5.69 Å². The lowest BCUT2D eigenvalue weighted by atomic mass is 10.00. The molecule has 0 saturated carbocycles. The van der Waals surface area contributed by atoms with E-state index in [1.165, 1.54) is 16.8 Å². The third-order valence-electron chi connectivity index (χ3n) is 4.48. The summed E-state index contributed by atoms with van der Waals surface area (Å²) in [6.07, 6.45) is 2.25. The Morgan fingerprint density at radius 2 is 2.04 bits per heavy atom. The first-order chi connectivity index (χ1) is 11.7. The number of anilines is 1. The van der Waals surface area contributed by atoms with Crippen molar-refractivity contribution in [2.24, 2.45) is 0 Å². The van der Waals surface area contributed by atoms with Crippen molar-refractivity contribution < 1.29 is 9.47 Å². The molecule has 0 spiro atoms. The number of ether oxygens (including phenoxy) is 2. The Bertz CT molecular complexity index is 791. The molecule has 0 saturated heterocycles. The first-order valence-corrected chi connectivity index (χ1v) is 8.65. The number of benzene rings is 2. The summed E-state index contributed by atoms with van der Waals surface area (Å²) < 4.78 is 10.8. The third kappa shape index (κ3) is 2.91. The lowest BCUT2D eigenvalue weighted by Gasteiger charge is -2.32. The maximum atomic E-state index is 5.64. The minimum atomic E-state index is 0.300. The summed E-state index contributed by atoms with van der Waals surface area (Å²) in [5.41, 5.74) is 5.04. The summed E-state index contributed by atoms with van der Waals surface area (Å²) in [6, 6.07) is 12.6. The van der Waals surface area contributed by atoms with Gasteiger partial charge in [-0.2, -0.15) is 0 Å². The van der Waals surface area contributed by atoms with E-state index in [0.29, 0.717) is 13.3 Å². The van der Waals surface area contributed by atoms with Crippen molar-refractivity contribution >= 4 is 23.0 Å². The van der Waals surface area contributed by atoms with E-state index >= 15 is 0 Å². The Balaban J connectivity index is 1.46. The summed E-state index contributed by atoms with van der Waals surface area (Å²) in [5, 5.41) is 4.15. The average Bonchev–Trinajstić information content (AvgIpc) is 3.06. The molecule has 5 heteroatoms. The molecule has 0 fully saturated rings. The quantitative estimate of drug-likeness (QED) is 0.846. The van der Waals surface area contributed by atoms with Crippen molar-refractivity contribution in [2.45, 2.75) is 26.3 Å². The highest BCUT2D eigenvalue weighted by atomic mass is 32.1. The Hall–Kier alpha value is -2.27. The van der Waals surface area contributed by atoms with Crippen LogP contribution in [0.2, 0.25) is 0 Å². The molecule has 0 amide bonds. The smallest absolute Gasteiger partial charge is 0.231 e. The molecule has 4 nitrogen and oxygen atoms in total. The molecule has 2 aliphatic heterocycles. The molecular formula is C19H20N2O2S. The maximum Gasteiger partial charge on any atom is 0.231 e. The normalized spacial score (nSPS) is 15.1. The molecule has 0 aliphatic carbocycles. The number of fused-ring (bicyclic) bond motifs is 2. The van der Waals surface area contributed by atoms with Crippen LogP contribution >= 0.6 is 12.2 Å². The van der Waals surface area contributed by atoms with Crippen molar-refractivity contribution in [2.75, 3.05) is 18.2 Å². The molecule has 0 bridgehead atoms. The van der Waals surface area contributed by atoms with Gasteiger partial charge in [0.25, 0.3) is 0 Å². The van der Waals surface area contributed by atoms with Crippen LogP contribution in [0.15, 0.2) is 36.4 Å². The second-order valence-corrected chi connectivity index (χ2v) is 6.62. The second kappa shape index (κ2) is 6.32. The van der Waals surface area contributed by atoms with E-state index in [4.69, 9.17) is 21.7 Å². The first-order valence-electron chi connectivity index (χ1n) is 8.24. The van der Waals surface area contributed by atoms with Gasteiger partial charge in [0.15, 0.2) is 16.6 Å². The molecular weight excluding hydrogens is 320 g/mol. The van der Waals surface area contributed by atoms with Gasteiger partial charge < -0.3 is 19.7 Å². The van der Waals surface area contributed by atoms with Crippen LogP contribution in [-0.4, -0.2) is 18.5 Å². The van der Waals surface area contributed by atoms with Gasteiger partial charge in [0, 0.05) is 18.8 Å². The maximum absolute atomic E-state index is 5.64. The van der Waals surface area contributed by atoms with Gasteiger partial charge in [0.1, 0.15) is 0 Å². The number of thiocarbonyl (C=S) groups is 1. The van der Waals surface area contributed by atoms with Crippen molar-refractivity contribution in [3.63, 3.8) is 0 Å². The van der Waals surface area contributed by atoms with Gasteiger partial charge in [-0.15, -0.1) is 0 Å². The summed E-state index contributed by atoms with van der Waals surface area (Å²) in [6.45, 7) is 4.07. The SMILES string of the molecule is Cc1ccc2c(c1)CCCN2C(=S)NCc1ccc2c(c1)OCO2. The van der Waals surface area contributed by atoms with Crippen molar-refractivity contribution in [1.82, 2.24) is 5.32 Å². The number of nitrogens with zero attached hydrogens (tertiary/aromatic N) is 1. The number of aryl methyl sites for hydroxylation is 2. The third-order valence-corrected chi connectivity index (χ3v) is 4.84. The molecule has 0 unspecified atom stereocenters. The molecule has 0 atom stereocenters. The molecule has 124 valence electrons. The van der Waals surface area contributed by atoms with Crippen LogP contribution < -0.4 is 19.7 Å². The monoisotopic (exact) mass is 340 g/mol. The summed E-state index contributed by atoms with van der Waals surface area (Å²) >= 11 is 5.64. The molecule has 2 aromatic rings. The van der Waals surface area contributed by atoms with Crippen LogP contribution in [0.3, 0.4) is 0 Å². The second-order valence-electron chi connectivity index (χ2n) is 6.23. The van der Waals surface area contributed by atoms with Crippen LogP contribution in [0, 0.1) is 6.92 Å². The van der Waals surface area contributed by atoms with Gasteiger partial charge in [0.05, 0.1) is 0 Å². The van der Waals surface area contributed by atoms with E-state index in [1.54, 1.807) is 0 Å². The topological polar surface area (TPSA) is 33.7 Å². The van der Waals surface area contributed by atoms with E-state index in [1.807, 2.05) is 18.2 Å². The summed E-state index contributed by atoms with van der Waals surface area (Å²) in [4.78, 5) is 2.21. The number of rotatable bonds is 2. The molecule has 2 heterocycles. The zero-order chi connectivity index (χ0) is 16.5. The zero-order valence-corrected chi connectivity index (χ0v) is 14.5. The number of hydrogen-bond acceptors (Lipinski definition) is 3. The van der Waals surface area contributed by atoms with Gasteiger partial charge in [0.2, 0.25) is 6.79 Å². The highest BCUT2D eigenvalue weighted by Crippen LogP contribution is 2.32. The first kappa shape index (κ1) is 15.3. The van der Waals surface area contributed by atoms with Gasteiger partial charge >= 0.3 is 0 Å². The van der Waals surface area contributed by atoms with Gasteiger partial charge in [-0.1, -0.05) is 23.8 Å². The largest absolute Gasteiger partial charge is 0.454 e. The fourth-order valence-corrected chi connectivity index (χ4v) is 3.52. The molecule has 0 aromatic heterocycles. The minimum Gasteiger partial charge on any atom is -0.454 e. The molecule has 0 radical (unpaired) electrons. The lowest BCUT2D eigenvalue weighted by Crippen LogP contribution is -2.42. The molecule has 4 rings (SSSR count). The van der Waals surface area contributed by atoms with E-state index < -0.39 is 0 Å². The molecule has 2 aliphatic rings. The van der Waals surface area contributed by atoms with E-state index in [-0.39, 0.29) is 0 Å². The predicted molar refractivity (Wildman–Crippen MR) is 98.8 cm³/mol. The molecule has 24 heavy (non-hydrogen) atoms. The predicted octanol–water partition coefficient (Wildman–Crippen LogP) is 3.55. The highest BCUT2D eigenvalue weighted by Gasteiger charge is 2.20. The van der Waals surface area contributed by atoms with Crippen molar-refractivity contribution in [3.8, 4) is 11.5 Å². The van der Waals surface area contributed by atoms with Crippen LogP contribution in [0.5, 0.6) is 11.5 Å². The van der Waals surface area contributed by atoms with E-state index in [9.17, 15) is 0 Å². The van der Waals surface area contributed by atoms with Gasteiger partial charge in [-0.3, -0.25) is 0 Å². The Labute approximate surface area is 147 Å². The fraction of sp³-hybridized carbons (Fsp3) is 0.316. The van der Waals surface area contributed by atoms with Crippen LogP contribution in [-0.2, 0) is 13.0 Å². The lowest BCUT2D eigenvalue weighted by molar-refractivity contribution is 0.174. The Morgan fingerprint density at radius 1 is 1.17 bits per heavy atom. The molecule has 2 aromatic carbocycles. The standard InChI is InChI=1S/C19H20N2O2S/c1-13-4-6-16-15(9-13)3-2-8-21(16)19(24)20-11-14-5-7-17-18(10-14)23-12-22-17/h4-7,9-10H,2-3,8,11-12H2,1H3,(H,20,24).